The average molecular weight is 329 g/mol. The number of hydrogen-bond donors (Lipinski definition) is 3. The van der Waals surface area contributed by atoms with E-state index in [1.54, 1.807) is 0 Å². The number of rotatable bonds is 2. The molecule has 0 amide bonds. The SMILES string of the molecule is O=S(=O)(O)c1ccc2c(c1)c(S(=O)(=O)O)cc1n[nH]nc12. The van der Waals surface area contributed by atoms with E-state index in [-0.39, 0.29) is 16.3 Å². The number of aromatic nitrogens is 3. The maximum atomic E-state index is 11.5. The van der Waals surface area contributed by atoms with Gasteiger partial charge in [-0.1, -0.05) is 6.07 Å². The average Bonchev–Trinajstić information content (AvgIpc) is 2.83. The smallest absolute Gasteiger partial charge is 0.282 e. The molecule has 9 nitrogen and oxygen atoms in total. The van der Waals surface area contributed by atoms with Gasteiger partial charge in [0.2, 0.25) is 0 Å². The zero-order valence-corrected chi connectivity index (χ0v) is 11.7. The monoisotopic (exact) mass is 329 g/mol. The third-order valence-corrected chi connectivity index (χ3v) is 4.67. The van der Waals surface area contributed by atoms with Crippen molar-refractivity contribution in [2.45, 2.75) is 9.79 Å². The molecule has 0 bridgehead atoms. The van der Waals surface area contributed by atoms with E-state index < -0.39 is 30.0 Å². The molecule has 110 valence electrons. The summed E-state index contributed by atoms with van der Waals surface area (Å²) in [6, 6.07) is 4.38. The van der Waals surface area contributed by atoms with E-state index in [1.165, 1.54) is 6.07 Å². The maximum absolute atomic E-state index is 11.5. The first kappa shape index (κ1) is 13.9. The van der Waals surface area contributed by atoms with Crippen molar-refractivity contribution in [1.82, 2.24) is 15.4 Å². The summed E-state index contributed by atoms with van der Waals surface area (Å²) < 4.78 is 63.6. The molecular weight excluding hydrogens is 322 g/mol. The third kappa shape index (κ3) is 2.25. The molecule has 0 aliphatic heterocycles. The van der Waals surface area contributed by atoms with Crippen molar-refractivity contribution >= 4 is 42.0 Å². The summed E-state index contributed by atoms with van der Waals surface area (Å²) in [5.41, 5.74) is 0.494. The van der Waals surface area contributed by atoms with Crippen molar-refractivity contribution in [2.75, 3.05) is 0 Å². The molecule has 0 aliphatic rings. The summed E-state index contributed by atoms with van der Waals surface area (Å²) in [6.07, 6.45) is 0. The summed E-state index contributed by atoms with van der Waals surface area (Å²) in [7, 11) is -9.14. The number of H-pyrrole nitrogens is 1. The fraction of sp³-hybridized carbons (Fsp3) is 0. The molecule has 3 aromatic rings. The van der Waals surface area contributed by atoms with Crippen LogP contribution in [0, 0.1) is 0 Å². The van der Waals surface area contributed by atoms with Crippen LogP contribution in [0.3, 0.4) is 0 Å². The summed E-state index contributed by atoms with van der Waals surface area (Å²) >= 11 is 0. The van der Waals surface area contributed by atoms with E-state index >= 15 is 0 Å². The summed E-state index contributed by atoms with van der Waals surface area (Å²) in [6.45, 7) is 0. The van der Waals surface area contributed by atoms with Crippen LogP contribution in [0.15, 0.2) is 34.1 Å². The second-order valence-corrected chi connectivity index (χ2v) is 7.04. The number of hydrogen-bond acceptors (Lipinski definition) is 6. The Morgan fingerprint density at radius 2 is 1.62 bits per heavy atom. The number of nitrogens with zero attached hydrogens (tertiary/aromatic N) is 2. The van der Waals surface area contributed by atoms with Crippen LogP contribution in [-0.2, 0) is 20.2 Å². The molecule has 0 atom stereocenters. The fourth-order valence-electron chi connectivity index (χ4n) is 2.05. The van der Waals surface area contributed by atoms with E-state index in [2.05, 4.69) is 15.4 Å². The third-order valence-electron chi connectivity index (χ3n) is 2.93. The molecule has 0 saturated heterocycles. The predicted molar refractivity (Wildman–Crippen MR) is 71.0 cm³/mol. The second-order valence-electron chi connectivity index (χ2n) is 4.22. The molecule has 0 radical (unpaired) electrons. The Morgan fingerprint density at radius 3 is 2.24 bits per heavy atom. The number of nitrogens with one attached hydrogen (secondary N) is 1. The predicted octanol–water partition coefficient (Wildman–Crippen LogP) is 0.605. The lowest BCUT2D eigenvalue weighted by atomic mass is 10.1. The summed E-state index contributed by atoms with van der Waals surface area (Å²) in [4.78, 5) is -1.02. The molecule has 11 heteroatoms. The number of fused-ring (bicyclic) bond motifs is 3. The standard InChI is InChI=1S/C10H7N3O6S2/c14-20(15,16)5-1-2-6-7(3-5)9(21(17,18)19)4-8-10(6)12-13-11-8/h1-4H,(H,11,12,13)(H,14,15,16)(H,17,18,19). The highest BCUT2D eigenvalue weighted by molar-refractivity contribution is 7.86. The first-order valence-corrected chi connectivity index (χ1v) is 8.28. The normalized spacial score (nSPS) is 13.0. The highest BCUT2D eigenvalue weighted by Gasteiger charge is 2.20. The van der Waals surface area contributed by atoms with Crippen LogP contribution in [0.5, 0.6) is 0 Å². The van der Waals surface area contributed by atoms with Crippen molar-refractivity contribution < 1.29 is 25.9 Å². The molecular formula is C10H7N3O6S2. The van der Waals surface area contributed by atoms with Gasteiger partial charge in [0.15, 0.2) is 0 Å². The first-order chi connectivity index (χ1) is 9.68. The molecule has 2 aromatic carbocycles. The molecule has 1 heterocycles. The van der Waals surface area contributed by atoms with Gasteiger partial charge in [0.25, 0.3) is 20.2 Å². The van der Waals surface area contributed by atoms with E-state index in [0.717, 1.165) is 18.2 Å². The van der Waals surface area contributed by atoms with Gasteiger partial charge in [-0.15, -0.1) is 0 Å². The minimum Gasteiger partial charge on any atom is -0.282 e. The highest BCUT2D eigenvalue weighted by Crippen LogP contribution is 2.31. The minimum atomic E-state index is -4.62. The molecule has 0 unspecified atom stereocenters. The lowest BCUT2D eigenvalue weighted by Gasteiger charge is -2.06. The molecule has 0 aliphatic carbocycles. The van der Waals surface area contributed by atoms with E-state index in [4.69, 9.17) is 4.55 Å². The zero-order valence-electron chi connectivity index (χ0n) is 10.0. The Balaban J connectivity index is 2.58. The van der Waals surface area contributed by atoms with Crippen LogP contribution >= 0.6 is 0 Å². The van der Waals surface area contributed by atoms with Gasteiger partial charge in [-0.2, -0.15) is 32.2 Å². The van der Waals surface area contributed by atoms with Gasteiger partial charge in [0, 0.05) is 10.8 Å². The lowest BCUT2D eigenvalue weighted by Crippen LogP contribution is -2.02. The quantitative estimate of drug-likeness (QED) is 0.578. The number of benzene rings is 2. The fourth-order valence-corrected chi connectivity index (χ4v) is 3.26. The largest absolute Gasteiger partial charge is 0.295 e. The van der Waals surface area contributed by atoms with Crippen LogP contribution in [0.25, 0.3) is 21.8 Å². The Labute approximate surface area is 118 Å². The van der Waals surface area contributed by atoms with Crippen LogP contribution < -0.4 is 0 Å². The van der Waals surface area contributed by atoms with Gasteiger partial charge in [0.05, 0.1) is 4.90 Å². The lowest BCUT2D eigenvalue weighted by molar-refractivity contribution is 0.480. The maximum Gasteiger partial charge on any atom is 0.295 e. The van der Waals surface area contributed by atoms with E-state index in [0.29, 0.717) is 5.52 Å². The summed E-state index contributed by atoms with van der Waals surface area (Å²) in [5.74, 6) is 0. The van der Waals surface area contributed by atoms with E-state index in [9.17, 15) is 21.4 Å². The van der Waals surface area contributed by atoms with Gasteiger partial charge in [-0.3, -0.25) is 9.11 Å². The molecule has 3 N–H and O–H groups in total. The Bertz CT molecular complexity index is 1080. The van der Waals surface area contributed by atoms with Crippen molar-refractivity contribution in [3.8, 4) is 0 Å². The first-order valence-electron chi connectivity index (χ1n) is 5.40. The van der Waals surface area contributed by atoms with Crippen molar-refractivity contribution in [1.29, 1.82) is 0 Å². The topological polar surface area (TPSA) is 150 Å². The minimum absolute atomic E-state index is 0.0889. The molecule has 3 rings (SSSR count). The second kappa shape index (κ2) is 4.21. The van der Waals surface area contributed by atoms with Crippen LogP contribution in [0.1, 0.15) is 0 Å². The van der Waals surface area contributed by atoms with Gasteiger partial charge in [0.1, 0.15) is 15.9 Å². The molecule has 0 spiro atoms. The van der Waals surface area contributed by atoms with Gasteiger partial charge in [-0.05, 0) is 18.2 Å². The summed E-state index contributed by atoms with van der Waals surface area (Å²) in [5, 5.41) is 10.1. The Kier molecular flexibility index (Phi) is 2.78. The molecule has 0 fully saturated rings. The van der Waals surface area contributed by atoms with Gasteiger partial charge < -0.3 is 0 Å². The van der Waals surface area contributed by atoms with Crippen molar-refractivity contribution in [2.24, 2.45) is 0 Å². The van der Waals surface area contributed by atoms with Gasteiger partial charge in [-0.25, -0.2) is 0 Å². The highest BCUT2D eigenvalue weighted by atomic mass is 32.2. The molecule has 1 aromatic heterocycles. The van der Waals surface area contributed by atoms with Crippen LogP contribution in [0.4, 0.5) is 0 Å². The van der Waals surface area contributed by atoms with Crippen LogP contribution in [-0.4, -0.2) is 41.4 Å². The molecule has 0 saturated carbocycles. The van der Waals surface area contributed by atoms with E-state index in [1.807, 2.05) is 0 Å². The Morgan fingerprint density at radius 1 is 0.905 bits per heavy atom. The zero-order chi connectivity index (χ0) is 15.4. The van der Waals surface area contributed by atoms with Gasteiger partial charge >= 0.3 is 0 Å². The Hall–Kier alpha value is -2.08. The number of aromatic amines is 1. The van der Waals surface area contributed by atoms with Crippen molar-refractivity contribution in [3.05, 3.63) is 24.3 Å². The van der Waals surface area contributed by atoms with Crippen molar-refractivity contribution in [3.63, 3.8) is 0 Å². The van der Waals surface area contributed by atoms with Crippen LogP contribution in [0.2, 0.25) is 0 Å². The molecule has 21 heavy (non-hydrogen) atoms.